The average molecular weight is 486 g/mol. The lowest BCUT2D eigenvalue weighted by molar-refractivity contribution is -0.385. The summed E-state index contributed by atoms with van der Waals surface area (Å²) in [6, 6.07) is 10.6. The molecule has 0 spiro atoms. The number of hydrogen-bond acceptors (Lipinski definition) is 8. The topological polar surface area (TPSA) is 113 Å². The van der Waals surface area contributed by atoms with E-state index in [9.17, 15) is 14.9 Å². The van der Waals surface area contributed by atoms with Crippen LogP contribution in [-0.2, 0) is 11.2 Å². The first-order chi connectivity index (χ1) is 16.5. The molecule has 10 heteroatoms. The summed E-state index contributed by atoms with van der Waals surface area (Å²) in [4.78, 5) is 28.4. The standard InChI is InChI=1S/C24H27N3O6S/c1-4-5-6-16-7-9-17(10-8-16)19-15-34-24(25-19)26-23(28)18-13-21(32-3)22(33-12-11-31-2)14-20(18)27(29)30/h7-10,13-15H,4-6,11-12H2,1-3H3,(H,25,26,28). The van der Waals surface area contributed by atoms with Crippen molar-refractivity contribution in [3.63, 3.8) is 0 Å². The van der Waals surface area contributed by atoms with Crippen LogP contribution < -0.4 is 14.8 Å². The fourth-order valence-electron chi connectivity index (χ4n) is 3.24. The second-order valence-electron chi connectivity index (χ2n) is 7.41. The molecule has 1 amide bonds. The number of anilines is 1. The Bertz CT molecular complexity index is 1130. The Morgan fingerprint density at radius 3 is 2.56 bits per heavy atom. The van der Waals surface area contributed by atoms with Crippen molar-refractivity contribution in [3.8, 4) is 22.8 Å². The monoisotopic (exact) mass is 485 g/mol. The van der Waals surface area contributed by atoms with E-state index in [2.05, 4.69) is 29.4 Å². The molecule has 3 aromatic rings. The van der Waals surface area contributed by atoms with Gasteiger partial charge in [0.2, 0.25) is 0 Å². The van der Waals surface area contributed by atoms with Crippen LogP contribution >= 0.6 is 11.3 Å². The number of benzene rings is 2. The highest BCUT2D eigenvalue weighted by atomic mass is 32.1. The Morgan fingerprint density at radius 1 is 1.15 bits per heavy atom. The molecule has 0 bridgehead atoms. The molecule has 0 saturated carbocycles. The first-order valence-corrected chi connectivity index (χ1v) is 11.7. The average Bonchev–Trinajstić information content (AvgIpc) is 3.31. The smallest absolute Gasteiger partial charge is 0.286 e. The molecule has 0 fully saturated rings. The quantitative estimate of drug-likeness (QED) is 0.209. The van der Waals surface area contributed by atoms with Crippen LogP contribution in [0.4, 0.5) is 10.8 Å². The molecular weight excluding hydrogens is 458 g/mol. The van der Waals surface area contributed by atoms with E-state index in [0.717, 1.165) is 30.5 Å². The van der Waals surface area contributed by atoms with Gasteiger partial charge in [0.1, 0.15) is 12.2 Å². The zero-order valence-electron chi connectivity index (χ0n) is 19.3. The molecule has 0 aliphatic rings. The number of aromatic nitrogens is 1. The molecule has 0 aliphatic carbocycles. The zero-order chi connectivity index (χ0) is 24.5. The SMILES string of the molecule is CCCCc1ccc(-c2csc(NC(=O)c3cc(OC)c(OCCOC)cc3[N+](=O)[O-])n2)cc1. The Balaban J connectivity index is 1.78. The van der Waals surface area contributed by atoms with Crippen molar-refractivity contribution in [3.05, 3.63) is 63.0 Å². The number of nitrogens with zero attached hydrogens (tertiary/aromatic N) is 2. The fraction of sp³-hybridized carbons (Fsp3) is 0.333. The minimum Gasteiger partial charge on any atom is -0.493 e. The van der Waals surface area contributed by atoms with E-state index in [-0.39, 0.29) is 23.7 Å². The van der Waals surface area contributed by atoms with E-state index >= 15 is 0 Å². The lowest BCUT2D eigenvalue weighted by atomic mass is 10.1. The first-order valence-electron chi connectivity index (χ1n) is 10.8. The Kier molecular flexibility index (Phi) is 8.94. The summed E-state index contributed by atoms with van der Waals surface area (Å²) in [5.74, 6) is -0.305. The van der Waals surface area contributed by atoms with Gasteiger partial charge in [0, 0.05) is 24.1 Å². The van der Waals surface area contributed by atoms with Gasteiger partial charge >= 0.3 is 0 Å². The van der Waals surface area contributed by atoms with Gasteiger partial charge in [-0.05, 0) is 18.4 Å². The van der Waals surface area contributed by atoms with Crippen molar-refractivity contribution < 1.29 is 23.9 Å². The summed E-state index contributed by atoms with van der Waals surface area (Å²) < 4.78 is 15.7. The Hall–Kier alpha value is -3.50. The molecule has 1 aromatic heterocycles. The van der Waals surface area contributed by atoms with E-state index in [1.54, 1.807) is 0 Å². The van der Waals surface area contributed by atoms with E-state index in [4.69, 9.17) is 14.2 Å². The predicted octanol–water partition coefficient (Wildman–Crippen LogP) is 5.35. The highest BCUT2D eigenvalue weighted by Crippen LogP contribution is 2.35. The maximum atomic E-state index is 12.9. The number of carbonyl (C=O) groups excluding carboxylic acids is 1. The molecule has 0 unspecified atom stereocenters. The third-order valence-corrected chi connectivity index (χ3v) is 5.82. The van der Waals surface area contributed by atoms with Crippen molar-refractivity contribution in [2.75, 3.05) is 32.8 Å². The zero-order valence-corrected chi connectivity index (χ0v) is 20.1. The van der Waals surface area contributed by atoms with Gasteiger partial charge in [-0.25, -0.2) is 4.98 Å². The third-order valence-electron chi connectivity index (χ3n) is 5.06. The number of thiazole rings is 1. The van der Waals surface area contributed by atoms with Crippen molar-refractivity contribution in [2.45, 2.75) is 26.2 Å². The van der Waals surface area contributed by atoms with Gasteiger partial charge in [0.05, 0.1) is 30.4 Å². The van der Waals surface area contributed by atoms with Crippen LogP contribution in [0.2, 0.25) is 0 Å². The summed E-state index contributed by atoms with van der Waals surface area (Å²) in [6.45, 7) is 2.64. The minimum atomic E-state index is -0.663. The summed E-state index contributed by atoms with van der Waals surface area (Å²) in [7, 11) is 2.91. The number of hydrogen-bond donors (Lipinski definition) is 1. The number of nitro benzene ring substituents is 1. The number of methoxy groups -OCH3 is 2. The largest absolute Gasteiger partial charge is 0.493 e. The number of unbranched alkanes of at least 4 members (excludes halogenated alkanes) is 1. The van der Waals surface area contributed by atoms with Crippen LogP contribution in [0.1, 0.15) is 35.7 Å². The van der Waals surface area contributed by atoms with Crippen LogP contribution in [-0.4, -0.2) is 43.2 Å². The number of carbonyl (C=O) groups is 1. The maximum absolute atomic E-state index is 12.9. The third kappa shape index (κ3) is 6.30. The number of nitrogens with one attached hydrogen (secondary N) is 1. The molecule has 34 heavy (non-hydrogen) atoms. The van der Waals surface area contributed by atoms with Crippen LogP contribution in [0.25, 0.3) is 11.3 Å². The molecule has 3 rings (SSSR count). The van der Waals surface area contributed by atoms with Gasteiger partial charge in [-0.3, -0.25) is 20.2 Å². The first kappa shape index (κ1) is 25.1. The molecule has 0 aliphatic heterocycles. The van der Waals surface area contributed by atoms with Gasteiger partial charge in [0.15, 0.2) is 16.6 Å². The molecule has 0 saturated heterocycles. The van der Waals surface area contributed by atoms with Gasteiger partial charge in [-0.15, -0.1) is 11.3 Å². The van der Waals surface area contributed by atoms with Gasteiger partial charge < -0.3 is 14.2 Å². The van der Waals surface area contributed by atoms with E-state index < -0.39 is 16.5 Å². The van der Waals surface area contributed by atoms with Gasteiger partial charge in [0.25, 0.3) is 11.6 Å². The van der Waals surface area contributed by atoms with Crippen LogP contribution in [0.15, 0.2) is 41.8 Å². The van der Waals surface area contributed by atoms with Crippen LogP contribution in [0.5, 0.6) is 11.5 Å². The fourth-order valence-corrected chi connectivity index (χ4v) is 3.96. The molecule has 1 heterocycles. The highest BCUT2D eigenvalue weighted by Gasteiger charge is 2.25. The number of rotatable bonds is 12. The normalized spacial score (nSPS) is 10.7. The molecule has 180 valence electrons. The molecule has 9 nitrogen and oxygen atoms in total. The Labute approximate surface area is 201 Å². The molecular formula is C24H27N3O6S. The summed E-state index contributed by atoms with van der Waals surface area (Å²) in [6.07, 6.45) is 3.32. The maximum Gasteiger partial charge on any atom is 0.286 e. The summed E-state index contributed by atoms with van der Waals surface area (Å²) in [5, 5.41) is 16.5. The predicted molar refractivity (Wildman–Crippen MR) is 131 cm³/mol. The molecule has 2 aromatic carbocycles. The van der Waals surface area contributed by atoms with Crippen molar-refractivity contribution in [1.82, 2.24) is 4.98 Å². The number of amides is 1. The summed E-state index contributed by atoms with van der Waals surface area (Å²) in [5.41, 5.74) is 2.37. The van der Waals surface area contributed by atoms with Crippen molar-refractivity contribution >= 4 is 28.1 Å². The van der Waals surface area contributed by atoms with E-state index in [1.165, 1.54) is 43.3 Å². The number of ether oxygens (including phenoxy) is 3. The van der Waals surface area contributed by atoms with Crippen molar-refractivity contribution in [1.29, 1.82) is 0 Å². The number of nitro groups is 1. The van der Waals surface area contributed by atoms with Crippen molar-refractivity contribution in [2.24, 2.45) is 0 Å². The second-order valence-corrected chi connectivity index (χ2v) is 8.27. The minimum absolute atomic E-state index is 0.154. The van der Waals surface area contributed by atoms with Crippen LogP contribution in [0, 0.1) is 10.1 Å². The lowest BCUT2D eigenvalue weighted by Crippen LogP contribution is -2.15. The van der Waals surface area contributed by atoms with E-state index in [0.29, 0.717) is 11.7 Å². The van der Waals surface area contributed by atoms with Crippen LogP contribution in [0.3, 0.4) is 0 Å². The van der Waals surface area contributed by atoms with Gasteiger partial charge in [-0.1, -0.05) is 37.6 Å². The van der Waals surface area contributed by atoms with Gasteiger partial charge in [-0.2, -0.15) is 0 Å². The Morgan fingerprint density at radius 2 is 1.91 bits per heavy atom. The molecule has 1 N–H and O–H groups in total. The van der Waals surface area contributed by atoms with E-state index in [1.807, 2.05) is 17.5 Å². The molecule has 0 radical (unpaired) electrons. The highest BCUT2D eigenvalue weighted by molar-refractivity contribution is 7.14. The lowest BCUT2D eigenvalue weighted by Gasteiger charge is -2.12. The molecule has 0 atom stereocenters. The second kappa shape index (κ2) is 12.1. The number of aryl methyl sites for hydroxylation is 1. The summed E-state index contributed by atoms with van der Waals surface area (Å²) >= 11 is 1.24.